The molecule has 2 aliphatic heterocycles. The first-order valence-electron chi connectivity index (χ1n) is 6.84. The zero-order chi connectivity index (χ0) is 15.0. The third-order valence-electron chi connectivity index (χ3n) is 3.89. The fourth-order valence-corrected chi connectivity index (χ4v) is 2.78. The van der Waals surface area contributed by atoms with Gasteiger partial charge < -0.3 is 15.5 Å². The number of halogens is 3. The van der Waals surface area contributed by atoms with E-state index in [2.05, 4.69) is 10.6 Å². The molecule has 1 unspecified atom stereocenters. The number of amides is 2. The van der Waals surface area contributed by atoms with Crippen LogP contribution in [0.2, 0.25) is 10.0 Å². The summed E-state index contributed by atoms with van der Waals surface area (Å²) >= 11 is 11.9. The van der Waals surface area contributed by atoms with Gasteiger partial charge in [-0.1, -0.05) is 23.2 Å². The predicted molar refractivity (Wildman–Crippen MR) is 89.0 cm³/mol. The highest BCUT2D eigenvalue weighted by atomic mass is 35.5. The van der Waals surface area contributed by atoms with Crippen molar-refractivity contribution in [3.63, 3.8) is 0 Å². The van der Waals surface area contributed by atoms with E-state index in [1.54, 1.807) is 23.1 Å². The van der Waals surface area contributed by atoms with Gasteiger partial charge in [-0.3, -0.25) is 9.59 Å². The summed E-state index contributed by atoms with van der Waals surface area (Å²) in [7, 11) is 0. The Kier molecular flexibility index (Phi) is 5.55. The summed E-state index contributed by atoms with van der Waals surface area (Å²) in [5, 5.41) is 6.73. The Labute approximate surface area is 144 Å². The highest BCUT2D eigenvalue weighted by molar-refractivity contribution is 6.42. The van der Waals surface area contributed by atoms with Gasteiger partial charge in [0.15, 0.2) is 0 Å². The minimum absolute atomic E-state index is 0. The van der Waals surface area contributed by atoms with Gasteiger partial charge >= 0.3 is 0 Å². The number of hydrogen-bond acceptors (Lipinski definition) is 3. The van der Waals surface area contributed by atoms with Crippen molar-refractivity contribution in [3.8, 4) is 0 Å². The lowest BCUT2D eigenvalue weighted by Gasteiger charge is -2.27. The summed E-state index contributed by atoms with van der Waals surface area (Å²) in [5.41, 5.74) is 0.705. The molecule has 0 saturated carbocycles. The number of nitrogens with zero attached hydrogens (tertiary/aromatic N) is 1. The molecule has 1 aromatic carbocycles. The van der Waals surface area contributed by atoms with Crippen LogP contribution in [0.4, 0.5) is 5.69 Å². The molecule has 2 aliphatic rings. The maximum absolute atomic E-state index is 12.4. The molecule has 120 valence electrons. The number of hydrogen-bond donors (Lipinski definition) is 2. The van der Waals surface area contributed by atoms with Gasteiger partial charge in [0.2, 0.25) is 11.8 Å². The SMILES string of the molecule is Cl.O=C(NC1CCN(c2ccc(Cl)c(Cl)c2)C1=O)C1CNC1. The van der Waals surface area contributed by atoms with Crippen LogP contribution in [0.5, 0.6) is 0 Å². The van der Waals surface area contributed by atoms with E-state index in [1.165, 1.54) is 0 Å². The van der Waals surface area contributed by atoms with Crippen LogP contribution < -0.4 is 15.5 Å². The summed E-state index contributed by atoms with van der Waals surface area (Å²) in [6.07, 6.45) is 0.602. The topological polar surface area (TPSA) is 61.4 Å². The minimum atomic E-state index is -0.451. The second-order valence-electron chi connectivity index (χ2n) is 5.29. The molecule has 22 heavy (non-hydrogen) atoms. The molecule has 0 aromatic heterocycles. The average Bonchev–Trinajstić information content (AvgIpc) is 2.72. The van der Waals surface area contributed by atoms with Crippen LogP contribution >= 0.6 is 35.6 Å². The van der Waals surface area contributed by atoms with Gasteiger partial charge in [-0.2, -0.15) is 0 Å². The number of nitrogens with one attached hydrogen (secondary N) is 2. The van der Waals surface area contributed by atoms with Crippen LogP contribution in [0.15, 0.2) is 18.2 Å². The van der Waals surface area contributed by atoms with Gasteiger partial charge in [-0.05, 0) is 24.6 Å². The standard InChI is InChI=1S/C14H15Cl2N3O2.ClH/c15-10-2-1-9(5-11(10)16)19-4-3-12(14(19)21)18-13(20)8-6-17-7-8;/h1-2,5,8,12,17H,3-4,6-7H2,(H,18,20);1H. The molecule has 0 radical (unpaired) electrons. The monoisotopic (exact) mass is 363 g/mol. The molecule has 0 bridgehead atoms. The largest absolute Gasteiger partial charge is 0.344 e. The van der Waals surface area contributed by atoms with E-state index < -0.39 is 6.04 Å². The first kappa shape index (κ1) is 17.3. The molecular formula is C14H16Cl3N3O2. The number of rotatable bonds is 3. The lowest BCUT2D eigenvalue weighted by atomic mass is 10.0. The summed E-state index contributed by atoms with van der Waals surface area (Å²) in [5.74, 6) is -0.172. The van der Waals surface area contributed by atoms with Gasteiger partial charge in [0.25, 0.3) is 0 Å². The van der Waals surface area contributed by atoms with Crippen molar-refractivity contribution in [2.45, 2.75) is 12.5 Å². The third kappa shape index (κ3) is 3.33. The second kappa shape index (κ2) is 7.04. The fourth-order valence-electron chi connectivity index (χ4n) is 2.49. The fraction of sp³-hybridized carbons (Fsp3) is 0.429. The molecule has 1 aromatic rings. The first-order chi connectivity index (χ1) is 10.1. The Balaban J connectivity index is 0.00000176. The van der Waals surface area contributed by atoms with Crippen molar-refractivity contribution in [2.75, 3.05) is 24.5 Å². The first-order valence-corrected chi connectivity index (χ1v) is 7.59. The van der Waals surface area contributed by atoms with E-state index in [4.69, 9.17) is 23.2 Å². The van der Waals surface area contributed by atoms with Crippen LogP contribution in [0.25, 0.3) is 0 Å². The van der Waals surface area contributed by atoms with Crippen molar-refractivity contribution in [3.05, 3.63) is 28.2 Å². The van der Waals surface area contributed by atoms with Crippen molar-refractivity contribution in [2.24, 2.45) is 5.92 Å². The van der Waals surface area contributed by atoms with Crippen molar-refractivity contribution < 1.29 is 9.59 Å². The Hall–Kier alpha value is -1.01. The lowest BCUT2D eigenvalue weighted by Crippen LogP contribution is -2.54. The van der Waals surface area contributed by atoms with Crippen molar-refractivity contribution in [1.29, 1.82) is 0 Å². The Morgan fingerprint density at radius 2 is 2.00 bits per heavy atom. The molecule has 5 nitrogen and oxygen atoms in total. The van der Waals surface area contributed by atoms with Gasteiger partial charge in [-0.25, -0.2) is 0 Å². The summed E-state index contributed by atoms with van der Waals surface area (Å²) in [4.78, 5) is 25.9. The van der Waals surface area contributed by atoms with E-state index in [0.717, 1.165) is 0 Å². The van der Waals surface area contributed by atoms with Crippen LogP contribution in [0.3, 0.4) is 0 Å². The average molecular weight is 365 g/mol. The molecule has 0 aliphatic carbocycles. The zero-order valence-corrected chi connectivity index (χ0v) is 14.0. The van der Waals surface area contributed by atoms with Crippen molar-refractivity contribution in [1.82, 2.24) is 10.6 Å². The molecule has 3 rings (SSSR count). The summed E-state index contributed by atoms with van der Waals surface area (Å²) in [6, 6.07) is 4.64. The van der Waals surface area contributed by atoms with Crippen LogP contribution in [0, 0.1) is 5.92 Å². The summed E-state index contributed by atoms with van der Waals surface area (Å²) < 4.78 is 0. The quantitative estimate of drug-likeness (QED) is 0.860. The number of carbonyl (C=O) groups is 2. The predicted octanol–water partition coefficient (Wildman–Crippen LogP) is 1.86. The second-order valence-corrected chi connectivity index (χ2v) is 6.11. The molecule has 2 N–H and O–H groups in total. The van der Waals surface area contributed by atoms with Crippen LogP contribution in [-0.2, 0) is 9.59 Å². The smallest absolute Gasteiger partial charge is 0.249 e. The van der Waals surface area contributed by atoms with Gasteiger partial charge in [0.05, 0.1) is 16.0 Å². The van der Waals surface area contributed by atoms with Crippen LogP contribution in [-0.4, -0.2) is 37.5 Å². The molecule has 8 heteroatoms. The molecule has 1 atom stereocenters. The Morgan fingerprint density at radius 3 is 2.59 bits per heavy atom. The van der Waals surface area contributed by atoms with E-state index in [-0.39, 0.29) is 30.1 Å². The third-order valence-corrected chi connectivity index (χ3v) is 4.63. The Morgan fingerprint density at radius 1 is 1.27 bits per heavy atom. The maximum Gasteiger partial charge on any atom is 0.249 e. The van der Waals surface area contributed by atoms with E-state index in [1.807, 2.05) is 0 Å². The normalized spacial score (nSPS) is 21.3. The number of anilines is 1. The van der Waals surface area contributed by atoms with Crippen LogP contribution in [0.1, 0.15) is 6.42 Å². The number of benzene rings is 1. The molecular weight excluding hydrogens is 349 g/mol. The molecule has 2 saturated heterocycles. The van der Waals surface area contributed by atoms with Crippen molar-refractivity contribution >= 4 is 53.1 Å². The summed E-state index contributed by atoms with van der Waals surface area (Å²) in [6.45, 7) is 1.93. The molecule has 2 heterocycles. The van der Waals surface area contributed by atoms with E-state index in [0.29, 0.717) is 41.8 Å². The van der Waals surface area contributed by atoms with Gasteiger partial charge in [0.1, 0.15) is 6.04 Å². The molecule has 0 spiro atoms. The van der Waals surface area contributed by atoms with Gasteiger partial charge in [0, 0.05) is 25.3 Å². The van der Waals surface area contributed by atoms with E-state index >= 15 is 0 Å². The molecule has 2 fully saturated rings. The minimum Gasteiger partial charge on any atom is -0.344 e. The van der Waals surface area contributed by atoms with Gasteiger partial charge in [-0.15, -0.1) is 12.4 Å². The lowest BCUT2D eigenvalue weighted by molar-refractivity contribution is -0.130. The Bertz CT molecular complexity index is 593. The highest BCUT2D eigenvalue weighted by Crippen LogP contribution is 2.29. The molecule has 2 amide bonds. The highest BCUT2D eigenvalue weighted by Gasteiger charge is 2.36. The zero-order valence-electron chi connectivity index (χ0n) is 11.6. The maximum atomic E-state index is 12.4. The number of carbonyl (C=O) groups excluding carboxylic acids is 2. The van der Waals surface area contributed by atoms with E-state index in [9.17, 15) is 9.59 Å².